The van der Waals surface area contributed by atoms with Crippen LogP contribution in [0.4, 0.5) is 4.79 Å². The topological polar surface area (TPSA) is 58.6 Å². The molecule has 5 nitrogen and oxygen atoms in total. The third-order valence-corrected chi connectivity index (χ3v) is 4.13. The molecule has 122 valence electrons. The van der Waals surface area contributed by atoms with E-state index in [1.54, 1.807) is 19.3 Å². The second-order valence-corrected chi connectivity index (χ2v) is 6.17. The van der Waals surface area contributed by atoms with Crippen LogP contribution in [0.3, 0.4) is 0 Å². The molecule has 0 aromatic heterocycles. The van der Waals surface area contributed by atoms with Crippen molar-refractivity contribution < 1.29 is 14.3 Å². The predicted octanol–water partition coefficient (Wildman–Crippen LogP) is 3.55. The summed E-state index contributed by atoms with van der Waals surface area (Å²) in [6.07, 6.45) is 1.62. The first-order valence-corrected chi connectivity index (χ1v) is 8.10. The molecule has 1 fully saturated rings. The van der Waals surface area contributed by atoms with E-state index in [0.717, 1.165) is 10.0 Å². The standard InChI is InChI=1S/C18H15BrN2O3/c1-24-16-8-7-14(19)9-13(16)10-15-17(22)21(18(23)20-15)11-12-5-3-2-4-6-12/h2-10H,11H2,1H3,(H,20,23)/b15-10+. The number of nitrogens with zero attached hydrogens (tertiary/aromatic N) is 1. The van der Waals surface area contributed by atoms with Gasteiger partial charge in [-0.05, 0) is 29.8 Å². The van der Waals surface area contributed by atoms with E-state index in [0.29, 0.717) is 11.3 Å². The van der Waals surface area contributed by atoms with Gasteiger partial charge in [0, 0.05) is 10.0 Å². The molecule has 3 rings (SSSR count). The van der Waals surface area contributed by atoms with Crippen molar-refractivity contribution in [3.8, 4) is 5.75 Å². The number of ether oxygens (including phenoxy) is 1. The molecule has 0 saturated carbocycles. The minimum absolute atomic E-state index is 0.229. The molecule has 1 aliphatic heterocycles. The number of amides is 3. The summed E-state index contributed by atoms with van der Waals surface area (Å²) in [6.45, 7) is 0.235. The van der Waals surface area contributed by atoms with Crippen molar-refractivity contribution in [1.29, 1.82) is 0 Å². The largest absolute Gasteiger partial charge is 0.496 e. The van der Waals surface area contributed by atoms with E-state index in [1.165, 1.54) is 4.90 Å². The number of urea groups is 1. The number of benzene rings is 2. The maximum absolute atomic E-state index is 12.5. The lowest BCUT2D eigenvalue weighted by atomic mass is 10.1. The number of halogens is 1. The Labute approximate surface area is 148 Å². The Hall–Kier alpha value is -2.60. The molecule has 1 aliphatic rings. The lowest BCUT2D eigenvalue weighted by molar-refractivity contribution is -0.123. The predicted molar refractivity (Wildman–Crippen MR) is 94.2 cm³/mol. The summed E-state index contributed by atoms with van der Waals surface area (Å²) in [7, 11) is 1.56. The van der Waals surface area contributed by atoms with Crippen molar-refractivity contribution in [2.45, 2.75) is 6.54 Å². The fourth-order valence-corrected chi connectivity index (χ4v) is 2.83. The van der Waals surface area contributed by atoms with Crippen LogP contribution in [0.25, 0.3) is 6.08 Å². The molecular weight excluding hydrogens is 372 g/mol. The van der Waals surface area contributed by atoms with Crippen molar-refractivity contribution in [1.82, 2.24) is 10.2 Å². The third-order valence-electron chi connectivity index (χ3n) is 3.64. The summed E-state index contributed by atoms with van der Waals surface area (Å²) >= 11 is 3.39. The minimum Gasteiger partial charge on any atom is -0.496 e. The van der Waals surface area contributed by atoms with Crippen LogP contribution in [0.1, 0.15) is 11.1 Å². The van der Waals surface area contributed by atoms with Crippen LogP contribution in [0.15, 0.2) is 58.7 Å². The molecule has 24 heavy (non-hydrogen) atoms. The Kier molecular flexibility index (Phi) is 4.66. The van der Waals surface area contributed by atoms with Crippen molar-refractivity contribution in [2.75, 3.05) is 7.11 Å². The average molecular weight is 387 g/mol. The highest BCUT2D eigenvalue weighted by Crippen LogP contribution is 2.26. The fraction of sp³-hybridized carbons (Fsp3) is 0.111. The highest BCUT2D eigenvalue weighted by molar-refractivity contribution is 9.10. The Bertz CT molecular complexity index is 818. The lowest BCUT2D eigenvalue weighted by Gasteiger charge is -2.11. The molecule has 0 radical (unpaired) electrons. The van der Waals surface area contributed by atoms with Gasteiger partial charge < -0.3 is 10.1 Å². The van der Waals surface area contributed by atoms with Crippen molar-refractivity contribution in [3.63, 3.8) is 0 Å². The average Bonchev–Trinajstić information content (AvgIpc) is 2.84. The second kappa shape index (κ2) is 6.88. The van der Waals surface area contributed by atoms with Gasteiger partial charge in [0.2, 0.25) is 0 Å². The monoisotopic (exact) mass is 386 g/mol. The van der Waals surface area contributed by atoms with E-state index in [2.05, 4.69) is 21.2 Å². The molecule has 2 aromatic carbocycles. The highest BCUT2D eigenvalue weighted by atomic mass is 79.9. The molecule has 1 heterocycles. The van der Waals surface area contributed by atoms with Crippen LogP contribution in [0.5, 0.6) is 5.75 Å². The molecule has 0 aliphatic carbocycles. The van der Waals surface area contributed by atoms with E-state index in [-0.39, 0.29) is 18.1 Å². The Morgan fingerprint density at radius 3 is 2.62 bits per heavy atom. The molecule has 0 bridgehead atoms. The fourth-order valence-electron chi connectivity index (χ4n) is 2.45. The number of carbonyl (C=O) groups excluding carboxylic acids is 2. The van der Waals surface area contributed by atoms with E-state index in [1.807, 2.05) is 42.5 Å². The summed E-state index contributed by atoms with van der Waals surface area (Å²) in [5.41, 5.74) is 1.83. The van der Waals surface area contributed by atoms with Crippen LogP contribution >= 0.6 is 15.9 Å². The first-order chi connectivity index (χ1) is 11.6. The number of nitrogens with one attached hydrogen (secondary N) is 1. The molecule has 2 aromatic rings. The maximum Gasteiger partial charge on any atom is 0.329 e. The van der Waals surface area contributed by atoms with Gasteiger partial charge in [0.05, 0.1) is 13.7 Å². The summed E-state index contributed by atoms with van der Waals surface area (Å²) < 4.78 is 6.15. The zero-order chi connectivity index (χ0) is 17.1. The van der Waals surface area contributed by atoms with Crippen LogP contribution in [0.2, 0.25) is 0 Å². The van der Waals surface area contributed by atoms with E-state index in [4.69, 9.17) is 4.74 Å². The first kappa shape index (κ1) is 16.3. The number of rotatable bonds is 4. The van der Waals surface area contributed by atoms with Gasteiger partial charge in [-0.3, -0.25) is 9.69 Å². The SMILES string of the molecule is COc1ccc(Br)cc1/C=C1/NC(=O)N(Cc2ccccc2)C1=O. The number of hydrogen-bond acceptors (Lipinski definition) is 3. The van der Waals surface area contributed by atoms with Gasteiger partial charge in [0.25, 0.3) is 5.91 Å². The maximum atomic E-state index is 12.5. The number of carbonyl (C=O) groups is 2. The second-order valence-electron chi connectivity index (χ2n) is 5.25. The van der Waals surface area contributed by atoms with Crippen LogP contribution in [-0.4, -0.2) is 23.9 Å². The Morgan fingerprint density at radius 2 is 1.92 bits per heavy atom. The smallest absolute Gasteiger partial charge is 0.329 e. The van der Waals surface area contributed by atoms with Gasteiger partial charge in [0.1, 0.15) is 11.4 Å². The lowest BCUT2D eigenvalue weighted by Crippen LogP contribution is -2.30. The van der Waals surface area contributed by atoms with Gasteiger partial charge in [0.15, 0.2) is 0 Å². The zero-order valence-electron chi connectivity index (χ0n) is 13.0. The Morgan fingerprint density at radius 1 is 1.17 bits per heavy atom. The molecule has 0 spiro atoms. The molecular formula is C18H15BrN2O3. The van der Waals surface area contributed by atoms with Crippen LogP contribution in [-0.2, 0) is 11.3 Å². The van der Waals surface area contributed by atoms with Gasteiger partial charge in [-0.15, -0.1) is 0 Å². The molecule has 1 saturated heterocycles. The normalized spacial score (nSPS) is 15.8. The minimum atomic E-state index is -0.427. The van der Waals surface area contributed by atoms with Crippen molar-refractivity contribution in [3.05, 3.63) is 69.8 Å². The molecule has 0 atom stereocenters. The Balaban J connectivity index is 1.87. The molecule has 1 N–H and O–H groups in total. The molecule has 0 unspecified atom stereocenters. The van der Waals surface area contributed by atoms with E-state index < -0.39 is 6.03 Å². The van der Waals surface area contributed by atoms with Gasteiger partial charge in [-0.1, -0.05) is 46.3 Å². The van der Waals surface area contributed by atoms with Crippen LogP contribution in [0, 0.1) is 0 Å². The van der Waals surface area contributed by atoms with Crippen LogP contribution < -0.4 is 10.1 Å². The first-order valence-electron chi connectivity index (χ1n) is 7.30. The summed E-state index contributed by atoms with van der Waals surface area (Å²) in [4.78, 5) is 25.8. The number of imide groups is 1. The zero-order valence-corrected chi connectivity index (χ0v) is 14.5. The van der Waals surface area contributed by atoms with Gasteiger partial charge in [-0.2, -0.15) is 0 Å². The third kappa shape index (κ3) is 3.33. The summed E-state index contributed by atoms with van der Waals surface area (Å²) in [5.74, 6) is 0.264. The van der Waals surface area contributed by atoms with Gasteiger partial charge >= 0.3 is 6.03 Å². The van der Waals surface area contributed by atoms with E-state index >= 15 is 0 Å². The molecule has 3 amide bonds. The number of hydrogen-bond donors (Lipinski definition) is 1. The summed E-state index contributed by atoms with van der Waals surface area (Å²) in [5, 5.41) is 2.62. The molecule has 6 heteroatoms. The quantitative estimate of drug-likeness (QED) is 0.645. The van der Waals surface area contributed by atoms with E-state index in [9.17, 15) is 9.59 Å². The highest BCUT2D eigenvalue weighted by Gasteiger charge is 2.33. The van der Waals surface area contributed by atoms with Gasteiger partial charge in [-0.25, -0.2) is 4.79 Å². The van der Waals surface area contributed by atoms with Crippen molar-refractivity contribution in [2.24, 2.45) is 0 Å². The van der Waals surface area contributed by atoms with Crippen molar-refractivity contribution >= 4 is 33.9 Å². The summed E-state index contributed by atoms with van der Waals surface area (Å²) in [6, 6.07) is 14.4. The number of methoxy groups -OCH3 is 1.